The summed E-state index contributed by atoms with van der Waals surface area (Å²) in [5.41, 5.74) is 1.58. The Morgan fingerprint density at radius 3 is 1.51 bits per heavy atom. The lowest BCUT2D eigenvalue weighted by molar-refractivity contribution is -0.145. The topological polar surface area (TPSA) is 58.9 Å². The number of hydrogen-bond donors (Lipinski definition) is 2. The number of phenols is 1. The maximum atomic E-state index is 10.9. The molecular weight excluding hydrogens is 912 g/mol. The molecule has 0 bridgehead atoms. The summed E-state index contributed by atoms with van der Waals surface area (Å²) in [6.45, 7) is 5.60. The first-order valence-electron chi connectivity index (χ1n) is 9.99. The predicted molar refractivity (Wildman–Crippen MR) is 164 cm³/mol. The minimum absolute atomic E-state index is 0.118. The first kappa shape index (κ1) is 29.9. The van der Waals surface area contributed by atoms with Crippen LogP contribution in [0.5, 0.6) is 17.2 Å². The highest BCUT2D eigenvalue weighted by molar-refractivity contribution is 9.12. The van der Waals surface area contributed by atoms with Crippen LogP contribution in [0.2, 0.25) is 0 Å². The third-order valence-electron chi connectivity index (χ3n) is 5.23. The van der Waals surface area contributed by atoms with E-state index in [2.05, 4.69) is 125 Å². The molecule has 0 heterocycles. The van der Waals surface area contributed by atoms with Gasteiger partial charge in [0, 0.05) is 16.8 Å². The molecule has 3 aromatic rings. The van der Waals surface area contributed by atoms with Crippen molar-refractivity contribution < 1.29 is 19.7 Å². The lowest BCUT2D eigenvalue weighted by atomic mass is 9.78. The van der Waals surface area contributed by atoms with Crippen LogP contribution < -0.4 is 9.47 Å². The molecule has 11 heteroatoms. The SMILES string of the molecule is CC(O)(COc1c(Br)cc(Br)cc1Br)Oc1c(Br)cc(C(C)(C)c2cc(Br)c(O)c(Br)c2)cc1Br. The van der Waals surface area contributed by atoms with Crippen molar-refractivity contribution in [2.45, 2.75) is 32.0 Å². The number of aromatic hydroxyl groups is 1. The third-order valence-corrected chi connectivity index (χ3v) is 9.25. The van der Waals surface area contributed by atoms with Crippen LogP contribution in [0.25, 0.3) is 0 Å². The van der Waals surface area contributed by atoms with Gasteiger partial charge in [0.15, 0.2) is 12.4 Å². The van der Waals surface area contributed by atoms with E-state index in [0.29, 0.717) is 29.4 Å². The first-order chi connectivity index (χ1) is 16.1. The molecule has 0 aliphatic heterocycles. The molecule has 0 saturated heterocycles. The zero-order valence-electron chi connectivity index (χ0n) is 18.5. The Bertz CT molecular complexity index is 1210. The largest absolute Gasteiger partial charge is 0.506 e. The van der Waals surface area contributed by atoms with Crippen molar-refractivity contribution in [1.29, 1.82) is 0 Å². The van der Waals surface area contributed by atoms with Gasteiger partial charge in [-0.2, -0.15) is 0 Å². The second kappa shape index (κ2) is 11.6. The van der Waals surface area contributed by atoms with Crippen molar-refractivity contribution >= 4 is 112 Å². The maximum absolute atomic E-state index is 10.9. The highest BCUT2D eigenvalue weighted by Gasteiger charge is 2.30. The number of aliphatic hydroxyl groups is 1. The van der Waals surface area contributed by atoms with E-state index in [4.69, 9.17) is 9.47 Å². The molecule has 0 radical (unpaired) electrons. The van der Waals surface area contributed by atoms with Crippen molar-refractivity contribution in [3.8, 4) is 17.2 Å². The van der Waals surface area contributed by atoms with Crippen LogP contribution in [0, 0.1) is 0 Å². The molecule has 3 rings (SSSR count). The Kier molecular flexibility index (Phi) is 9.95. The summed E-state index contributed by atoms with van der Waals surface area (Å²) in [7, 11) is 0. The van der Waals surface area contributed by atoms with Crippen molar-refractivity contribution in [1.82, 2.24) is 0 Å². The summed E-state index contributed by atoms with van der Waals surface area (Å²) in [5, 5.41) is 21.0. The molecule has 0 aromatic heterocycles. The van der Waals surface area contributed by atoms with Gasteiger partial charge in [-0.3, -0.25) is 0 Å². The number of ether oxygens (including phenoxy) is 2. The average Bonchev–Trinajstić information content (AvgIpc) is 2.73. The fraction of sp³-hybridized carbons (Fsp3) is 0.250. The molecule has 4 nitrogen and oxygen atoms in total. The van der Waals surface area contributed by atoms with E-state index in [1.165, 1.54) is 6.92 Å². The fourth-order valence-corrected chi connectivity index (χ4v) is 8.26. The van der Waals surface area contributed by atoms with Gasteiger partial charge >= 0.3 is 0 Å². The molecule has 0 amide bonds. The van der Waals surface area contributed by atoms with Gasteiger partial charge in [-0.25, -0.2) is 0 Å². The lowest BCUT2D eigenvalue weighted by Crippen LogP contribution is -2.39. The van der Waals surface area contributed by atoms with Gasteiger partial charge in [0.2, 0.25) is 5.79 Å². The molecule has 188 valence electrons. The highest BCUT2D eigenvalue weighted by atomic mass is 79.9. The van der Waals surface area contributed by atoms with Gasteiger partial charge in [-0.1, -0.05) is 29.8 Å². The molecule has 35 heavy (non-hydrogen) atoms. The van der Waals surface area contributed by atoms with E-state index in [-0.39, 0.29) is 12.4 Å². The molecule has 0 saturated carbocycles. The van der Waals surface area contributed by atoms with Gasteiger partial charge in [-0.15, -0.1) is 0 Å². The van der Waals surface area contributed by atoms with Gasteiger partial charge in [-0.05, 0) is 143 Å². The van der Waals surface area contributed by atoms with E-state index in [0.717, 1.165) is 24.5 Å². The first-order valence-corrected chi connectivity index (χ1v) is 15.5. The standard InChI is InChI=1S/C24H19Br7O4/c1-23(2,11-4-14(26)20(32)15(27)5-11)12-6-16(28)22(17(29)7-12)35-24(3,33)10-34-21-18(30)8-13(25)9-19(21)31/h4-9,32-33H,10H2,1-3H3. The zero-order valence-corrected chi connectivity index (χ0v) is 29.6. The Morgan fingerprint density at radius 2 is 1.06 bits per heavy atom. The fourth-order valence-electron chi connectivity index (χ4n) is 3.23. The second-order valence-electron chi connectivity index (χ2n) is 8.45. The summed E-state index contributed by atoms with van der Waals surface area (Å²) in [5.74, 6) is -0.471. The summed E-state index contributed by atoms with van der Waals surface area (Å²) in [6.07, 6.45) is 0. The van der Waals surface area contributed by atoms with Crippen LogP contribution in [0.3, 0.4) is 0 Å². The van der Waals surface area contributed by atoms with E-state index >= 15 is 0 Å². The Balaban J connectivity index is 1.86. The summed E-state index contributed by atoms with van der Waals surface area (Å²) in [4.78, 5) is 0. The van der Waals surface area contributed by atoms with Gasteiger partial charge in [0.05, 0.1) is 26.8 Å². The maximum Gasteiger partial charge on any atom is 0.239 e. The number of hydrogen-bond acceptors (Lipinski definition) is 4. The molecule has 1 unspecified atom stereocenters. The average molecular weight is 931 g/mol. The monoisotopic (exact) mass is 924 g/mol. The molecule has 2 N–H and O–H groups in total. The van der Waals surface area contributed by atoms with Crippen LogP contribution in [0.4, 0.5) is 0 Å². The van der Waals surface area contributed by atoms with Gasteiger partial charge in [0.1, 0.15) is 11.5 Å². The minimum Gasteiger partial charge on any atom is -0.506 e. The van der Waals surface area contributed by atoms with Gasteiger partial charge < -0.3 is 19.7 Å². The second-order valence-corrected chi connectivity index (χ2v) is 14.5. The number of benzene rings is 3. The molecular formula is C24H19Br7O4. The van der Waals surface area contributed by atoms with E-state index in [9.17, 15) is 10.2 Å². The number of phenolic OH excluding ortho intramolecular Hbond substituents is 1. The Hall–Kier alpha value is 0.380. The molecule has 3 aromatic carbocycles. The van der Waals surface area contributed by atoms with Crippen LogP contribution in [0.15, 0.2) is 67.7 Å². The smallest absolute Gasteiger partial charge is 0.239 e. The predicted octanol–water partition coefficient (Wildman–Crippen LogP) is 10.2. The third kappa shape index (κ3) is 7.07. The normalized spacial score (nSPS) is 13.5. The van der Waals surface area contributed by atoms with Crippen molar-refractivity contribution in [2.75, 3.05) is 6.61 Å². The lowest BCUT2D eigenvalue weighted by Gasteiger charge is -2.30. The quantitative estimate of drug-likeness (QED) is 0.232. The van der Waals surface area contributed by atoms with E-state index in [1.54, 1.807) is 0 Å². The van der Waals surface area contributed by atoms with Crippen molar-refractivity contribution in [2.24, 2.45) is 0 Å². The Morgan fingerprint density at radius 1 is 0.657 bits per heavy atom. The van der Waals surface area contributed by atoms with Crippen LogP contribution >= 0.6 is 112 Å². The molecule has 0 spiro atoms. The zero-order chi connectivity index (χ0) is 26.3. The minimum atomic E-state index is -1.62. The number of rotatable bonds is 7. The Labute approximate surface area is 263 Å². The van der Waals surface area contributed by atoms with Gasteiger partial charge in [0.25, 0.3) is 0 Å². The van der Waals surface area contributed by atoms with E-state index in [1.807, 2.05) is 36.4 Å². The van der Waals surface area contributed by atoms with E-state index < -0.39 is 11.2 Å². The van der Waals surface area contributed by atoms with Crippen molar-refractivity contribution in [3.05, 3.63) is 78.8 Å². The molecule has 0 aliphatic carbocycles. The van der Waals surface area contributed by atoms with Crippen molar-refractivity contribution in [3.63, 3.8) is 0 Å². The van der Waals surface area contributed by atoms with Crippen LogP contribution in [-0.4, -0.2) is 22.6 Å². The van der Waals surface area contributed by atoms with Crippen LogP contribution in [0.1, 0.15) is 31.9 Å². The summed E-state index contributed by atoms with van der Waals surface area (Å²) < 4.78 is 16.7. The number of halogens is 7. The highest BCUT2D eigenvalue weighted by Crippen LogP contribution is 2.44. The summed E-state index contributed by atoms with van der Waals surface area (Å²) >= 11 is 24.4. The molecule has 0 fully saturated rings. The molecule has 1 atom stereocenters. The molecule has 0 aliphatic rings. The van der Waals surface area contributed by atoms with Crippen LogP contribution in [-0.2, 0) is 5.41 Å². The summed E-state index contributed by atoms with van der Waals surface area (Å²) in [6, 6.07) is 11.4.